The van der Waals surface area contributed by atoms with Crippen LogP contribution >= 0.6 is 0 Å². The SMILES string of the molecule is CC(C)(C)c1cc(NN)nc(Cc2cccc(F)c2)n1. The molecule has 2 aromatic rings. The number of rotatable bonds is 3. The molecule has 1 aromatic carbocycles. The van der Waals surface area contributed by atoms with Crippen LogP contribution in [0.2, 0.25) is 0 Å². The molecule has 0 atom stereocenters. The van der Waals surface area contributed by atoms with Crippen molar-refractivity contribution in [2.45, 2.75) is 32.6 Å². The number of nitrogens with two attached hydrogens (primary N) is 1. The molecular weight excluding hydrogens is 255 g/mol. The van der Waals surface area contributed by atoms with Crippen molar-refractivity contribution in [1.82, 2.24) is 9.97 Å². The number of nitrogen functional groups attached to an aromatic ring is 1. The molecular formula is C15H19FN4. The Bertz CT molecular complexity index is 605. The van der Waals surface area contributed by atoms with Gasteiger partial charge in [-0.25, -0.2) is 20.2 Å². The van der Waals surface area contributed by atoms with Gasteiger partial charge in [0.15, 0.2) is 0 Å². The highest BCUT2D eigenvalue weighted by Crippen LogP contribution is 2.22. The lowest BCUT2D eigenvalue weighted by atomic mass is 9.92. The van der Waals surface area contributed by atoms with Crippen LogP contribution in [-0.2, 0) is 11.8 Å². The number of hydrogen-bond donors (Lipinski definition) is 2. The van der Waals surface area contributed by atoms with Crippen LogP contribution in [0, 0.1) is 5.82 Å². The summed E-state index contributed by atoms with van der Waals surface area (Å²) in [7, 11) is 0. The quantitative estimate of drug-likeness (QED) is 0.667. The summed E-state index contributed by atoms with van der Waals surface area (Å²) in [5.41, 5.74) is 4.17. The number of nitrogens with one attached hydrogen (secondary N) is 1. The van der Waals surface area contributed by atoms with E-state index in [1.807, 2.05) is 12.1 Å². The summed E-state index contributed by atoms with van der Waals surface area (Å²) in [4.78, 5) is 8.87. The fourth-order valence-electron chi connectivity index (χ4n) is 1.86. The van der Waals surface area contributed by atoms with Gasteiger partial charge < -0.3 is 5.43 Å². The maximum atomic E-state index is 13.2. The van der Waals surface area contributed by atoms with Crippen molar-refractivity contribution < 1.29 is 4.39 Å². The Morgan fingerprint density at radius 1 is 1.20 bits per heavy atom. The molecule has 0 aliphatic heterocycles. The number of benzene rings is 1. The minimum Gasteiger partial charge on any atom is -0.308 e. The van der Waals surface area contributed by atoms with E-state index in [9.17, 15) is 4.39 Å². The van der Waals surface area contributed by atoms with Crippen LogP contribution in [-0.4, -0.2) is 9.97 Å². The zero-order chi connectivity index (χ0) is 14.8. The maximum Gasteiger partial charge on any atom is 0.143 e. The first-order valence-corrected chi connectivity index (χ1v) is 6.48. The monoisotopic (exact) mass is 274 g/mol. The van der Waals surface area contributed by atoms with E-state index in [1.54, 1.807) is 6.07 Å². The van der Waals surface area contributed by atoms with Gasteiger partial charge in [-0.2, -0.15) is 0 Å². The minimum absolute atomic E-state index is 0.106. The molecule has 0 unspecified atom stereocenters. The molecule has 1 heterocycles. The summed E-state index contributed by atoms with van der Waals surface area (Å²) in [5, 5.41) is 0. The molecule has 3 N–H and O–H groups in total. The predicted octanol–water partition coefficient (Wildman–Crippen LogP) is 2.79. The first-order valence-electron chi connectivity index (χ1n) is 6.48. The average molecular weight is 274 g/mol. The number of nitrogens with zero attached hydrogens (tertiary/aromatic N) is 2. The molecule has 5 heteroatoms. The summed E-state index contributed by atoms with van der Waals surface area (Å²) in [6.45, 7) is 6.21. The van der Waals surface area contributed by atoms with Crippen LogP contribution in [0.3, 0.4) is 0 Å². The standard InChI is InChI=1S/C15H19FN4/c1-15(2,3)12-9-14(20-17)19-13(18-12)8-10-5-4-6-11(16)7-10/h4-7,9H,8,17H2,1-3H3,(H,18,19,20). The maximum absolute atomic E-state index is 13.2. The third-order valence-electron chi connectivity index (χ3n) is 2.94. The highest BCUT2D eigenvalue weighted by atomic mass is 19.1. The average Bonchev–Trinajstić information content (AvgIpc) is 2.37. The summed E-state index contributed by atoms with van der Waals surface area (Å²) in [6.07, 6.45) is 0.469. The highest BCUT2D eigenvalue weighted by Gasteiger charge is 2.18. The Kier molecular flexibility index (Phi) is 3.99. The number of hydrogen-bond acceptors (Lipinski definition) is 4. The van der Waals surface area contributed by atoms with Gasteiger partial charge in [-0.1, -0.05) is 32.9 Å². The molecule has 20 heavy (non-hydrogen) atoms. The summed E-state index contributed by atoms with van der Waals surface area (Å²) < 4.78 is 13.2. The Balaban J connectivity index is 2.36. The van der Waals surface area contributed by atoms with Gasteiger partial charge in [0.1, 0.15) is 17.5 Å². The lowest BCUT2D eigenvalue weighted by Crippen LogP contribution is -2.18. The van der Waals surface area contributed by atoms with E-state index in [0.717, 1.165) is 11.3 Å². The number of halogens is 1. The van der Waals surface area contributed by atoms with Crippen LogP contribution in [0.4, 0.5) is 10.2 Å². The largest absolute Gasteiger partial charge is 0.308 e. The normalized spacial score (nSPS) is 11.4. The second kappa shape index (κ2) is 5.54. The van der Waals surface area contributed by atoms with Crippen LogP contribution in [0.1, 0.15) is 37.9 Å². The van der Waals surface area contributed by atoms with E-state index >= 15 is 0 Å². The molecule has 0 saturated heterocycles. The summed E-state index contributed by atoms with van der Waals surface area (Å²) >= 11 is 0. The second-order valence-electron chi connectivity index (χ2n) is 5.76. The lowest BCUT2D eigenvalue weighted by molar-refractivity contribution is 0.563. The number of aromatic nitrogens is 2. The van der Waals surface area contributed by atoms with Crippen LogP contribution < -0.4 is 11.3 Å². The van der Waals surface area contributed by atoms with E-state index in [2.05, 4.69) is 36.2 Å². The van der Waals surface area contributed by atoms with Gasteiger partial charge in [0.05, 0.1) is 5.69 Å². The van der Waals surface area contributed by atoms with Crippen molar-refractivity contribution in [3.8, 4) is 0 Å². The van der Waals surface area contributed by atoms with Gasteiger partial charge >= 0.3 is 0 Å². The fraction of sp³-hybridized carbons (Fsp3) is 0.333. The van der Waals surface area contributed by atoms with Gasteiger partial charge in [0.2, 0.25) is 0 Å². The van der Waals surface area contributed by atoms with Crippen LogP contribution in [0.15, 0.2) is 30.3 Å². The van der Waals surface area contributed by atoms with Gasteiger partial charge in [-0.15, -0.1) is 0 Å². The smallest absolute Gasteiger partial charge is 0.143 e. The van der Waals surface area contributed by atoms with E-state index in [0.29, 0.717) is 18.1 Å². The zero-order valence-electron chi connectivity index (χ0n) is 11.9. The van der Waals surface area contributed by atoms with E-state index in [1.165, 1.54) is 12.1 Å². The van der Waals surface area contributed by atoms with Gasteiger partial charge in [-0.05, 0) is 17.7 Å². The molecule has 2 rings (SSSR count). The highest BCUT2D eigenvalue weighted by molar-refractivity contribution is 5.37. The van der Waals surface area contributed by atoms with Crippen molar-refractivity contribution in [3.63, 3.8) is 0 Å². The molecule has 0 saturated carbocycles. The molecule has 106 valence electrons. The molecule has 1 aromatic heterocycles. The summed E-state index contributed by atoms with van der Waals surface area (Å²) in [6, 6.07) is 8.27. The predicted molar refractivity (Wildman–Crippen MR) is 77.7 cm³/mol. The fourth-order valence-corrected chi connectivity index (χ4v) is 1.86. The Hall–Kier alpha value is -2.01. The number of hydrazine groups is 1. The minimum atomic E-state index is -0.258. The van der Waals surface area contributed by atoms with Crippen molar-refractivity contribution in [1.29, 1.82) is 0 Å². The first kappa shape index (κ1) is 14.4. The van der Waals surface area contributed by atoms with Crippen molar-refractivity contribution in [2.24, 2.45) is 5.84 Å². The van der Waals surface area contributed by atoms with Gasteiger partial charge in [-0.3, -0.25) is 0 Å². The zero-order valence-corrected chi connectivity index (χ0v) is 11.9. The molecule has 0 bridgehead atoms. The van der Waals surface area contributed by atoms with Crippen molar-refractivity contribution in [3.05, 3.63) is 53.2 Å². The van der Waals surface area contributed by atoms with Crippen molar-refractivity contribution >= 4 is 5.82 Å². The third kappa shape index (κ3) is 3.51. The van der Waals surface area contributed by atoms with Gasteiger partial charge in [0, 0.05) is 17.9 Å². The van der Waals surface area contributed by atoms with Gasteiger partial charge in [0.25, 0.3) is 0 Å². The molecule has 0 aliphatic rings. The molecule has 0 radical (unpaired) electrons. The van der Waals surface area contributed by atoms with Crippen molar-refractivity contribution in [2.75, 3.05) is 5.43 Å². The topological polar surface area (TPSA) is 63.8 Å². The first-order chi connectivity index (χ1) is 9.38. The Morgan fingerprint density at radius 2 is 1.95 bits per heavy atom. The molecule has 0 fully saturated rings. The lowest BCUT2D eigenvalue weighted by Gasteiger charge is -2.19. The second-order valence-corrected chi connectivity index (χ2v) is 5.76. The van der Waals surface area contributed by atoms with E-state index < -0.39 is 0 Å². The summed E-state index contributed by atoms with van der Waals surface area (Å²) in [5.74, 6) is 6.38. The van der Waals surface area contributed by atoms with Crippen LogP contribution in [0.5, 0.6) is 0 Å². The van der Waals surface area contributed by atoms with Crippen LogP contribution in [0.25, 0.3) is 0 Å². The molecule has 4 nitrogen and oxygen atoms in total. The Morgan fingerprint density at radius 3 is 2.55 bits per heavy atom. The third-order valence-corrected chi connectivity index (χ3v) is 2.94. The van der Waals surface area contributed by atoms with E-state index in [4.69, 9.17) is 5.84 Å². The van der Waals surface area contributed by atoms with E-state index in [-0.39, 0.29) is 11.2 Å². The Labute approximate surface area is 118 Å². The molecule has 0 amide bonds. The number of anilines is 1. The molecule has 0 spiro atoms. The molecule has 0 aliphatic carbocycles.